The monoisotopic (exact) mass is 180 g/mol. The van der Waals surface area contributed by atoms with E-state index < -0.39 is 17.4 Å². The van der Waals surface area contributed by atoms with Crippen molar-refractivity contribution in [2.75, 3.05) is 0 Å². The van der Waals surface area contributed by atoms with Gasteiger partial charge in [-0.25, -0.2) is 0 Å². The van der Waals surface area contributed by atoms with Gasteiger partial charge in [-0.3, -0.25) is 9.59 Å². The summed E-state index contributed by atoms with van der Waals surface area (Å²) in [5, 5.41) is 17.6. The predicted molar refractivity (Wildman–Crippen MR) is 41.9 cm³/mol. The van der Waals surface area contributed by atoms with Crippen molar-refractivity contribution in [3.8, 4) is 0 Å². The molecule has 0 amide bonds. The number of carboxylic acid groups (broad SMARTS) is 2. The van der Waals surface area contributed by atoms with Gasteiger partial charge in [-0.05, 0) is 12.8 Å². The van der Waals surface area contributed by atoms with Crippen LogP contribution in [0.15, 0.2) is 0 Å². The molecule has 0 saturated heterocycles. The minimum atomic E-state index is -1.49. The maximum absolute atomic E-state index is 10.7. The van der Waals surface area contributed by atoms with Crippen molar-refractivity contribution >= 4 is 11.9 Å². The number of rotatable bonds is 2. The molecule has 0 radical (unpaired) electrons. The maximum Gasteiger partial charge on any atom is 1.00 e. The van der Waals surface area contributed by atoms with E-state index in [-0.39, 0.29) is 33.1 Å². The van der Waals surface area contributed by atoms with E-state index >= 15 is 0 Å². The first kappa shape index (κ1) is 12.5. The van der Waals surface area contributed by atoms with Gasteiger partial charge in [0.1, 0.15) is 0 Å². The van der Waals surface area contributed by atoms with Gasteiger partial charge in [0.15, 0.2) is 5.41 Å². The molecule has 4 nitrogen and oxygen atoms in total. The molecule has 0 aromatic rings. The molecule has 1 aliphatic rings. The first-order chi connectivity index (χ1) is 5.59. The van der Waals surface area contributed by atoms with E-state index in [2.05, 4.69) is 0 Å². The Labute approximate surface area is 90.0 Å². The van der Waals surface area contributed by atoms with E-state index in [9.17, 15) is 9.59 Å². The molecule has 1 rings (SSSR count). The zero-order valence-electron chi connectivity index (χ0n) is 8.75. The second-order valence-corrected chi connectivity index (χ2v) is 3.25. The van der Waals surface area contributed by atoms with E-state index in [0.29, 0.717) is 12.8 Å². The van der Waals surface area contributed by atoms with Crippen molar-refractivity contribution in [3.05, 3.63) is 0 Å². The Bertz CT molecular complexity index is 197. The molecule has 0 atom stereocenters. The minimum Gasteiger partial charge on any atom is -1.00 e. The van der Waals surface area contributed by atoms with Crippen LogP contribution in [0.5, 0.6) is 0 Å². The predicted octanol–water partition coefficient (Wildman–Crippen LogP) is -1.78. The average Bonchev–Trinajstić information content (AvgIpc) is 2.05. The summed E-state index contributed by atoms with van der Waals surface area (Å²) in [5.74, 6) is -2.37. The van der Waals surface area contributed by atoms with Crippen molar-refractivity contribution < 1.29 is 40.1 Å². The Morgan fingerprint density at radius 1 is 1.00 bits per heavy atom. The summed E-state index contributed by atoms with van der Waals surface area (Å²) >= 11 is 0. The molecule has 0 aliphatic heterocycles. The minimum absolute atomic E-state index is 0. The zero-order chi connectivity index (χ0) is 9.19. The molecule has 0 heterocycles. The molecular weight excluding hydrogens is 167 g/mol. The number of aliphatic carboxylic acids is 2. The Balaban J connectivity index is 0. The molecule has 70 valence electrons. The van der Waals surface area contributed by atoms with Gasteiger partial charge in [0.05, 0.1) is 0 Å². The summed E-state index contributed by atoms with van der Waals surface area (Å²) in [6, 6.07) is 0. The topological polar surface area (TPSA) is 74.6 Å². The third-order valence-electron chi connectivity index (χ3n) is 2.53. The van der Waals surface area contributed by atoms with E-state index in [1.54, 1.807) is 0 Å². The van der Waals surface area contributed by atoms with E-state index in [0.717, 1.165) is 6.42 Å². The Morgan fingerprint density at radius 3 is 1.62 bits per heavy atom. The van der Waals surface area contributed by atoms with Gasteiger partial charge in [-0.15, -0.1) is 0 Å². The van der Waals surface area contributed by atoms with Crippen molar-refractivity contribution in [1.82, 2.24) is 0 Å². The number of carbonyl (C=O) groups is 2. The molecule has 5 heteroatoms. The molecule has 2 N–H and O–H groups in total. The first-order valence-electron chi connectivity index (χ1n) is 4.06. The van der Waals surface area contributed by atoms with Crippen molar-refractivity contribution in [2.45, 2.75) is 32.1 Å². The first-order valence-corrected chi connectivity index (χ1v) is 4.06. The van der Waals surface area contributed by atoms with E-state index in [1.807, 2.05) is 0 Å². The van der Waals surface area contributed by atoms with Crippen LogP contribution in [0.3, 0.4) is 0 Å². The quantitative estimate of drug-likeness (QED) is 0.389. The third-order valence-corrected chi connectivity index (χ3v) is 2.53. The molecule has 1 fully saturated rings. The fourth-order valence-electron chi connectivity index (χ4n) is 1.67. The molecule has 0 unspecified atom stereocenters. The van der Waals surface area contributed by atoms with Gasteiger partial charge in [-0.1, -0.05) is 19.3 Å². The molecule has 0 bridgehead atoms. The van der Waals surface area contributed by atoms with Crippen LogP contribution < -0.4 is 18.9 Å². The van der Waals surface area contributed by atoms with Crippen LogP contribution in [-0.2, 0) is 9.59 Å². The average molecular weight is 180 g/mol. The van der Waals surface area contributed by atoms with Gasteiger partial charge < -0.3 is 11.6 Å². The number of hydrogen-bond acceptors (Lipinski definition) is 2. The van der Waals surface area contributed by atoms with Crippen LogP contribution in [0.2, 0.25) is 0 Å². The Kier molecular flexibility index (Phi) is 4.52. The van der Waals surface area contributed by atoms with Crippen LogP contribution >= 0.6 is 0 Å². The van der Waals surface area contributed by atoms with Gasteiger partial charge in [-0.2, -0.15) is 0 Å². The van der Waals surface area contributed by atoms with Crippen LogP contribution in [0.25, 0.3) is 0 Å². The van der Waals surface area contributed by atoms with E-state index in [1.165, 1.54) is 0 Å². The van der Waals surface area contributed by atoms with Crippen LogP contribution in [0.4, 0.5) is 0 Å². The summed E-state index contributed by atoms with van der Waals surface area (Å²) in [5.41, 5.74) is -1.49. The molecule has 0 aromatic carbocycles. The standard InChI is InChI=1S/C8H12O4.Li.H/c9-6(10)8(7(11)12)4-2-1-3-5-8;;/h1-5H2,(H,9,10)(H,11,12);;/q;+1;-1. The largest absolute Gasteiger partial charge is 1.00 e. The van der Waals surface area contributed by atoms with E-state index in [4.69, 9.17) is 10.2 Å². The normalized spacial score (nSPS) is 20.0. The summed E-state index contributed by atoms with van der Waals surface area (Å²) in [4.78, 5) is 21.5. The maximum atomic E-state index is 10.7. The van der Waals surface area contributed by atoms with Gasteiger partial charge in [0, 0.05) is 0 Å². The van der Waals surface area contributed by atoms with Crippen molar-refractivity contribution in [3.63, 3.8) is 0 Å². The molecule has 13 heavy (non-hydrogen) atoms. The smallest absolute Gasteiger partial charge is 1.00 e. The summed E-state index contributed by atoms with van der Waals surface area (Å²) in [6.07, 6.45) is 2.91. The molecule has 0 aromatic heterocycles. The van der Waals surface area contributed by atoms with Crippen molar-refractivity contribution in [1.29, 1.82) is 0 Å². The van der Waals surface area contributed by atoms with Crippen LogP contribution in [-0.4, -0.2) is 22.2 Å². The Hall–Kier alpha value is -0.463. The Morgan fingerprint density at radius 2 is 1.38 bits per heavy atom. The van der Waals surface area contributed by atoms with Crippen molar-refractivity contribution in [2.24, 2.45) is 5.41 Å². The number of carboxylic acids is 2. The zero-order valence-corrected chi connectivity index (χ0v) is 7.75. The SMILES string of the molecule is O=C(O)C1(C(=O)O)CCCCC1.[H-].[Li+]. The third kappa shape index (κ3) is 2.26. The van der Waals surface area contributed by atoms with Crippen LogP contribution in [0, 0.1) is 5.41 Å². The fraction of sp³-hybridized carbons (Fsp3) is 0.750. The molecule has 1 saturated carbocycles. The summed E-state index contributed by atoms with van der Waals surface area (Å²) < 4.78 is 0. The molecule has 1 aliphatic carbocycles. The van der Waals surface area contributed by atoms with Gasteiger partial charge in [0.25, 0.3) is 0 Å². The van der Waals surface area contributed by atoms with Gasteiger partial charge in [0.2, 0.25) is 0 Å². The fourth-order valence-corrected chi connectivity index (χ4v) is 1.67. The second kappa shape index (κ2) is 4.68. The van der Waals surface area contributed by atoms with Crippen LogP contribution in [0.1, 0.15) is 33.5 Å². The molecular formula is C8H13LiO4. The second-order valence-electron chi connectivity index (χ2n) is 3.25. The summed E-state index contributed by atoms with van der Waals surface area (Å²) in [7, 11) is 0. The number of hydrogen-bond donors (Lipinski definition) is 2. The summed E-state index contributed by atoms with van der Waals surface area (Å²) in [6.45, 7) is 0. The van der Waals surface area contributed by atoms with Gasteiger partial charge >= 0.3 is 30.8 Å². The molecule has 0 spiro atoms.